The molecular weight excluding hydrogens is 554 g/mol. The Bertz CT molecular complexity index is 1610. The first-order chi connectivity index (χ1) is 18.8. The Hall–Kier alpha value is -3.47. The van der Waals surface area contributed by atoms with Gasteiger partial charge in [-0.1, -0.05) is 30.3 Å². The number of nitrogens with one attached hydrogen (secondary N) is 2. The molecule has 0 atom stereocenters. The molecule has 10 nitrogen and oxygen atoms in total. The van der Waals surface area contributed by atoms with Crippen LogP contribution in [0.3, 0.4) is 0 Å². The van der Waals surface area contributed by atoms with Crippen molar-refractivity contribution in [1.29, 1.82) is 5.26 Å². The van der Waals surface area contributed by atoms with E-state index >= 15 is 0 Å². The number of nitriles is 1. The van der Waals surface area contributed by atoms with Crippen molar-refractivity contribution in [3.05, 3.63) is 71.8 Å². The molecule has 0 aliphatic carbocycles. The summed E-state index contributed by atoms with van der Waals surface area (Å²) in [7, 11) is -4.99. The summed E-state index contributed by atoms with van der Waals surface area (Å²) >= 11 is 0. The van der Waals surface area contributed by atoms with Gasteiger partial charge in [0.05, 0.1) is 23.6 Å². The first kappa shape index (κ1) is 31.1. The molecule has 3 aromatic carbocycles. The number of hydrogen-bond donors (Lipinski definition) is 2. The van der Waals surface area contributed by atoms with E-state index in [1.807, 2.05) is 6.07 Å². The second kappa shape index (κ2) is 12.8. The zero-order valence-electron chi connectivity index (χ0n) is 23.0. The highest BCUT2D eigenvalue weighted by atomic mass is 32.2. The lowest BCUT2D eigenvalue weighted by atomic mass is 10.0. The lowest BCUT2D eigenvalue weighted by molar-refractivity contribution is 0.0505. The van der Waals surface area contributed by atoms with Gasteiger partial charge in [0.1, 0.15) is 16.4 Å². The van der Waals surface area contributed by atoms with Gasteiger partial charge in [-0.05, 0) is 68.7 Å². The maximum atomic E-state index is 13.1. The summed E-state index contributed by atoms with van der Waals surface area (Å²) in [6.07, 6.45) is 0.254. The smallest absolute Gasteiger partial charge is 0.244 e. The Kier molecular flexibility index (Phi) is 9.94. The van der Waals surface area contributed by atoms with Crippen LogP contribution in [0.5, 0.6) is 11.5 Å². The normalized spacial score (nSPS) is 12.1. The Morgan fingerprint density at radius 1 is 0.875 bits per heavy atom. The molecule has 0 aliphatic heterocycles. The van der Waals surface area contributed by atoms with Crippen LogP contribution in [0.2, 0.25) is 0 Å². The molecule has 0 saturated carbocycles. The predicted molar refractivity (Wildman–Crippen MR) is 151 cm³/mol. The summed E-state index contributed by atoms with van der Waals surface area (Å²) in [5.41, 5.74) is 1.28. The molecule has 0 spiro atoms. The maximum Gasteiger partial charge on any atom is 0.244 e. The van der Waals surface area contributed by atoms with Gasteiger partial charge in [0.2, 0.25) is 20.0 Å². The Labute approximate surface area is 236 Å². The van der Waals surface area contributed by atoms with Gasteiger partial charge in [-0.25, -0.2) is 26.3 Å². The molecule has 0 aliphatic rings. The molecule has 0 heterocycles. The quantitative estimate of drug-likeness (QED) is 0.305. The summed E-state index contributed by atoms with van der Waals surface area (Å²) in [4.78, 5) is -0.0152. The van der Waals surface area contributed by atoms with E-state index in [2.05, 4.69) is 9.44 Å². The molecule has 40 heavy (non-hydrogen) atoms. The Balaban J connectivity index is 1.90. The average molecular weight is 588 g/mol. The molecule has 3 aromatic rings. The lowest BCUT2D eigenvalue weighted by Crippen LogP contribution is -2.40. The van der Waals surface area contributed by atoms with E-state index in [1.54, 1.807) is 57.2 Å². The van der Waals surface area contributed by atoms with Gasteiger partial charge in [0.15, 0.2) is 6.79 Å². The fraction of sp³-hybridized carbons (Fsp3) is 0.321. The fourth-order valence-corrected chi connectivity index (χ4v) is 6.81. The molecule has 0 saturated heterocycles. The van der Waals surface area contributed by atoms with Crippen LogP contribution in [-0.2, 0) is 31.2 Å². The molecule has 0 bridgehead atoms. The van der Waals surface area contributed by atoms with E-state index in [0.717, 1.165) is 0 Å². The summed E-state index contributed by atoms with van der Waals surface area (Å²) in [6.45, 7) is 5.26. The van der Waals surface area contributed by atoms with Crippen molar-refractivity contribution in [3.8, 4) is 28.7 Å². The van der Waals surface area contributed by atoms with Crippen LogP contribution in [-0.4, -0.2) is 49.9 Å². The molecule has 3 rings (SSSR count). The van der Waals surface area contributed by atoms with E-state index in [9.17, 15) is 16.8 Å². The molecular formula is C28H33N3O7S2. The largest absolute Gasteiger partial charge is 0.495 e. The minimum absolute atomic E-state index is 0.0193. The third-order valence-corrected chi connectivity index (χ3v) is 8.89. The van der Waals surface area contributed by atoms with Crippen molar-refractivity contribution in [1.82, 2.24) is 9.44 Å². The van der Waals surface area contributed by atoms with Crippen molar-refractivity contribution in [2.24, 2.45) is 0 Å². The van der Waals surface area contributed by atoms with E-state index in [-0.39, 0.29) is 40.9 Å². The first-order valence-corrected chi connectivity index (χ1v) is 15.2. The van der Waals surface area contributed by atoms with Gasteiger partial charge in [-0.2, -0.15) is 5.26 Å². The molecule has 0 amide bonds. The zero-order chi connectivity index (χ0) is 29.6. The second-order valence-electron chi connectivity index (χ2n) is 9.85. The average Bonchev–Trinajstić information content (AvgIpc) is 2.90. The minimum atomic E-state index is -3.99. The van der Waals surface area contributed by atoms with Crippen molar-refractivity contribution in [3.63, 3.8) is 0 Å². The van der Waals surface area contributed by atoms with Gasteiger partial charge in [0.25, 0.3) is 0 Å². The predicted octanol–water partition coefficient (Wildman–Crippen LogP) is 3.81. The SMILES string of the molecule is COCOc1cc(-c2ccccc2S(=O)(=O)NC(C)(C)C)ccc1CCNS(=O)(=O)c1cc(C#N)ccc1OC. The molecule has 0 fully saturated rings. The zero-order valence-corrected chi connectivity index (χ0v) is 24.6. The highest BCUT2D eigenvalue weighted by Crippen LogP contribution is 2.33. The lowest BCUT2D eigenvalue weighted by Gasteiger charge is -2.22. The van der Waals surface area contributed by atoms with Crippen LogP contribution in [0, 0.1) is 11.3 Å². The number of ether oxygens (including phenoxy) is 3. The molecule has 0 radical (unpaired) electrons. The van der Waals surface area contributed by atoms with Crippen LogP contribution < -0.4 is 18.9 Å². The van der Waals surface area contributed by atoms with Gasteiger partial charge < -0.3 is 14.2 Å². The van der Waals surface area contributed by atoms with E-state index in [4.69, 9.17) is 19.5 Å². The van der Waals surface area contributed by atoms with Crippen molar-refractivity contribution >= 4 is 20.0 Å². The standard InChI is InChI=1S/C28H33N3O7S2/c1-28(2,3)31-40(34,35)26-9-7-6-8-23(26)22-12-11-21(25(17-22)38-19-36-4)14-15-30-39(32,33)27-16-20(18-29)10-13-24(27)37-5/h6-13,16-17,30-31H,14-15,19H2,1-5H3. The van der Waals surface area contributed by atoms with Crippen molar-refractivity contribution < 1.29 is 31.0 Å². The van der Waals surface area contributed by atoms with Crippen LogP contribution in [0.25, 0.3) is 11.1 Å². The van der Waals surface area contributed by atoms with Gasteiger partial charge >= 0.3 is 0 Å². The number of sulfonamides is 2. The third-order valence-electron chi connectivity index (χ3n) is 5.60. The second-order valence-corrected chi connectivity index (χ2v) is 13.2. The van der Waals surface area contributed by atoms with Crippen molar-refractivity contribution in [2.45, 2.75) is 42.5 Å². The Morgan fingerprint density at radius 3 is 2.25 bits per heavy atom. The van der Waals surface area contributed by atoms with Crippen LogP contribution in [0.4, 0.5) is 0 Å². The Morgan fingerprint density at radius 2 is 1.60 bits per heavy atom. The highest BCUT2D eigenvalue weighted by molar-refractivity contribution is 7.90. The van der Waals surface area contributed by atoms with Gasteiger partial charge in [0, 0.05) is 24.8 Å². The van der Waals surface area contributed by atoms with E-state index in [1.165, 1.54) is 38.5 Å². The summed E-state index contributed by atoms with van der Waals surface area (Å²) in [5, 5.41) is 9.17. The van der Waals surface area contributed by atoms with E-state index < -0.39 is 25.6 Å². The van der Waals surface area contributed by atoms with Crippen LogP contribution in [0.1, 0.15) is 31.9 Å². The summed E-state index contributed by atoms with van der Waals surface area (Å²) in [5.74, 6) is 0.535. The number of benzene rings is 3. The maximum absolute atomic E-state index is 13.1. The monoisotopic (exact) mass is 587 g/mol. The molecule has 0 unspecified atom stereocenters. The summed E-state index contributed by atoms with van der Waals surface area (Å²) < 4.78 is 73.5. The third kappa shape index (κ3) is 7.80. The summed E-state index contributed by atoms with van der Waals surface area (Å²) in [6, 6.07) is 18.0. The molecule has 0 aromatic heterocycles. The highest BCUT2D eigenvalue weighted by Gasteiger charge is 2.25. The van der Waals surface area contributed by atoms with Crippen molar-refractivity contribution in [2.75, 3.05) is 27.6 Å². The minimum Gasteiger partial charge on any atom is -0.495 e. The van der Waals surface area contributed by atoms with Crippen LogP contribution in [0.15, 0.2) is 70.5 Å². The van der Waals surface area contributed by atoms with Gasteiger partial charge in [-0.3, -0.25) is 0 Å². The van der Waals surface area contributed by atoms with E-state index in [0.29, 0.717) is 22.4 Å². The van der Waals surface area contributed by atoms with Gasteiger partial charge in [-0.15, -0.1) is 0 Å². The molecule has 214 valence electrons. The molecule has 2 N–H and O–H groups in total. The number of hydrogen-bond acceptors (Lipinski definition) is 8. The number of methoxy groups -OCH3 is 2. The topological polar surface area (TPSA) is 144 Å². The van der Waals surface area contributed by atoms with Crippen LogP contribution >= 0.6 is 0 Å². The molecule has 12 heteroatoms. The fourth-order valence-electron chi connectivity index (χ4n) is 3.94. The number of rotatable bonds is 12. The first-order valence-electron chi connectivity index (χ1n) is 12.3. The number of nitrogens with zero attached hydrogens (tertiary/aromatic N) is 1.